The van der Waals surface area contributed by atoms with Crippen LogP contribution in [0, 0.1) is 5.82 Å². The molecule has 3 rings (SSSR count). The number of nitrogens with one attached hydrogen (secondary N) is 2. The zero-order valence-electron chi connectivity index (χ0n) is 15.4. The number of ether oxygens (including phenoxy) is 1. The van der Waals surface area contributed by atoms with E-state index in [1.807, 2.05) is 0 Å². The van der Waals surface area contributed by atoms with Gasteiger partial charge in [-0.2, -0.15) is 0 Å². The molecule has 1 heterocycles. The Morgan fingerprint density at radius 2 is 2.04 bits per heavy atom. The predicted octanol–water partition coefficient (Wildman–Crippen LogP) is 2.14. The number of carbonyl (C=O) groups is 1. The molecule has 0 spiro atoms. The first-order chi connectivity index (χ1) is 13.3. The Balaban J connectivity index is 1.59. The third-order valence-electron chi connectivity index (χ3n) is 4.32. The molecule has 2 aromatic carbocycles. The van der Waals surface area contributed by atoms with E-state index in [1.165, 1.54) is 25.3 Å². The Morgan fingerprint density at radius 1 is 1.29 bits per heavy atom. The highest BCUT2D eigenvalue weighted by atomic mass is 32.2. The van der Waals surface area contributed by atoms with E-state index in [4.69, 9.17) is 4.74 Å². The summed E-state index contributed by atoms with van der Waals surface area (Å²) in [7, 11) is -2.21. The molecule has 0 bridgehead atoms. The molecule has 9 heteroatoms. The molecule has 2 N–H and O–H groups in total. The van der Waals surface area contributed by atoms with Crippen LogP contribution in [-0.2, 0) is 14.8 Å². The smallest absolute Gasteiger partial charge is 0.263 e. The first-order valence-electron chi connectivity index (χ1n) is 8.61. The first-order valence-corrected chi connectivity index (χ1v) is 10.1. The van der Waals surface area contributed by atoms with E-state index >= 15 is 0 Å². The molecule has 0 radical (unpaired) electrons. The maximum atomic E-state index is 13.8. The van der Waals surface area contributed by atoms with Gasteiger partial charge in [0.25, 0.3) is 10.0 Å². The molecule has 2 aromatic rings. The topological polar surface area (TPSA) is 96.9 Å². The van der Waals surface area contributed by atoms with Crippen LogP contribution in [0.25, 0.3) is 0 Å². The molecule has 0 aliphatic carbocycles. The summed E-state index contributed by atoms with van der Waals surface area (Å²) in [5, 5.41) is 2.77. The fourth-order valence-electron chi connectivity index (χ4n) is 2.87. The lowest BCUT2D eigenvalue weighted by Crippen LogP contribution is -2.27. The van der Waals surface area contributed by atoms with Gasteiger partial charge in [0.2, 0.25) is 5.91 Å². The number of carbonyl (C=O) groups excluding carboxylic acids is 1. The van der Waals surface area contributed by atoms with Gasteiger partial charge in [-0.3, -0.25) is 14.5 Å². The number of rotatable bonds is 6. The van der Waals surface area contributed by atoms with Crippen LogP contribution in [0.15, 0.2) is 52.4 Å². The molecular weight excluding hydrogens is 385 g/mol. The Hall–Kier alpha value is -2.94. The second-order valence-electron chi connectivity index (χ2n) is 6.27. The fraction of sp³-hybridized carbons (Fsp3) is 0.263. The van der Waals surface area contributed by atoms with Gasteiger partial charge in [0, 0.05) is 12.0 Å². The van der Waals surface area contributed by atoms with Gasteiger partial charge in [0.1, 0.15) is 5.84 Å². The molecule has 7 nitrogen and oxygen atoms in total. The van der Waals surface area contributed by atoms with Crippen molar-refractivity contribution in [3.05, 3.63) is 59.4 Å². The minimum absolute atomic E-state index is 0.0658. The lowest BCUT2D eigenvalue weighted by Gasteiger charge is -2.15. The standard InChI is InChI=1S/C19H20FN3O4S/c1-12(13-7-8-16(27-2)15(20)11-13)22-18(24)9-10-21-19-14-5-3-4-6-17(14)28(25,26)23-19/h3-8,11-12H,9-10H2,1-2H3,(H,21,23)(H,22,24)/t12-/m0/s1. The van der Waals surface area contributed by atoms with Crippen molar-refractivity contribution >= 4 is 21.8 Å². The Bertz CT molecular complexity index is 1040. The van der Waals surface area contributed by atoms with Crippen LogP contribution in [0.3, 0.4) is 0 Å². The van der Waals surface area contributed by atoms with Crippen LogP contribution < -0.4 is 14.8 Å². The van der Waals surface area contributed by atoms with E-state index in [2.05, 4.69) is 15.0 Å². The van der Waals surface area contributed by atoms with Gasteiger partial charge in [-0.05, 0) is 36.8 Å². The van der Waals surface area contributed by atoms with Crippen molar-refractivity contribution in [1.82, 2.24) is 10.0 Å². The number of hydrogen-bond donors (Lipinski definition) is 2. The summed E-state index contributed by atoms with van der Waals surface area (Å²) in [4.78, 5) is 16.5. The zero-order valence-corrected chi connectivity index (χ0v) is 16.2. The van der Waals surface area contributed by atoms with Crippen molar-refractivity contribution in [3.63, 3.8) is 0 Å². The minimum atomic E-state index is -3.60. The average Bonchev–Trinajstić information content (AvgIpc) is 2.92. The summed E-state index contributed by atoms with van der Waals surface area (Å²) in [5.74, 6) is -0.409. The largest absolute Gasteiger partial charge is 0.494 e. The quantitative estimate of drug-likeness (QED) is 0.770. The first kappa shape index (κ1) is 19.8. The van der Waals surface area contributed by atoms with Gasteiger partial charge >= 0.3 is 0 Å². The van der Waals surface area contributed by atoms with Crippen LogP contribution in [0.2, 0.25) is 0 Å². The number of hydrogen-bond acceptors (Lipinski definition) is 5. The number of amides is 1. The number of amidine groups is 1. The second-order valence-corrected chi connectivity index (χ2v) is 7.92. The molecule has 1 amide bonds. The van der Waals surface area contributed by atoms with Gasteiger partial charge in [0.15, 0.2) is 11.6 Å². The van der Waals surface area contributed by atoms with Crippen LogP contribution in [0.4, 0.5) is 4.39 Å². The van der Waals surface area contributed by atoms with Crippen molar-refractivity contribution in [2.24, 2.45) is 4.99 Å². The normalized spacial score (nSPS) is 16.9. The monoisotopic (exact) mass is 405 g/mol. The number of sulfonamides is 1. The summed E-state index contributed by atoms with van der Waals surface area (Å²) in [6.45, 7) is 1.86. The van der Waals surface area contributed by atoms with E-state index in [1.54, 1.807) is 31.2 Å². The Labute approximate surface area is 162 Å². The van der Waals surface area contributed by atoms with E-state index < -0.39 is 21.9 Å². The molecule has 0 fully saturated rings. The van der Waals surface area contributed by atoms with Crippen LogP contribution in [0.1, 0.15) is 30.5 Å². The van der Waals surface area contributed by atoms with E-state index in [0.717, 1.165) is 0 Å². The average molecular weight is 405 g/mol. The van der Waals surface area contributed by atoms with E-state index in [0.29, 0.717) is 11.1 Å². The zero-order chi connectivity index (χ0) is 20.3. The summed E-state index contributed by atoms with van der Waals surface area (Å²) in [5.41, 5.74) is 1.10. The van der Waals surface area contributed by atoms with Gasteiger partial charge in [-0.1, -0.05) is 18.2 Å². The van der Waals surface area contributed by atoms with Crippen molar-refractivity contribution in [2.45, 2.75) is 24.3 Å². The number of benzene rings is 2. The highest BCUT2D eigenvalue weighted by molar-refractivity contribution is 7.90. The lowest BCUT2D eigenvalue weighted by molar-refractivity contribution is -0.121. The van der Waals surface area contributed by atoms with Crippen molar-refractivity contribution in [3.8, 4) is 5.75 Å². The van der Waals surface area contributed by atoms with Gasteiger partial charge in [-0.25, -0.2) is 12.8 Å². The number of nitrogens with zero attached hydrogens (tertiary/aromatic N) is 1. The molecule has 1 atom stereocenters. The highest BCUT2D eigenvalue weighted by Gasteiger charge is 2.29. The molecule has 0 aromatic heterocycles. The lowest BCUT2D eigenvalue weighted by atomic mass is 10.1. The number of halogens is 1. The van der Waals surface area contributed by atoms with Crippen LogP contribution >= 0.6 is 0 Å². The van der Waals surface area contributed by atoms with Crippen LogP contribution in [-0.4, -0.2) is 33.8 Å². The third-order valence-corrected chi connectivity index (χ3v) is 5.72. The maximum Gasteiger partial charge on any atom is 0.263 e. The third kappa shape index (κ3) is 4.14. The Morgan fingerprint density at radius 3 is 2.75 bits per heavy atom. The molecule has 0 saturated carbocycles. The molecule has 0 unspecified atom stereocenters. The predicted molar refractivity (Wildman–Crippen MR) is 102 cm³/mol. The highest BCUT2D eigenvalue weighted by Crippen LogP contribution is 2.23. The van der Waals surface area contributed by atoms with Gasteiger partial charge in [-0.15, -0.1) is 0 Å². The second kappa shape index (κ2) is 7.97. The minimum Gasteiger partial charge on any atom is -0.494 e. The SMILES string of the molecule is COc1ccc([C@H](C)NC(=O)CCN=C2NS(=O)(=O)c3ccccc32)cc1F. The molecule has 28 heavy (non-hydrogen) atoms. The fourth-order valence-corrected chi connectivity index (χ4v) is 4.12. The molecule has 0 saturated heterocycles. The maximum absolute atomic E-state index is 13.8. The molecule has 1 aliphatic rings. The molecule has 1 aliphatic heterocycles. The van der Waals surface area contributed by atoms with E-state index in [9.17, 15) is 17.6 Å². The van der Waals surface area contributed by atoms with Gasteiger partial charge in [0.05, 0.1) is 24.6 Å². The summed E-state index contributed by atoms with van der Waals surface area (Å²) in [6.07, 6.45) is 0.0658. The molecular formula is C19H20FN3O4S. The summed E-state index contributed by atoms with van der Waals surface area (Å²) >= 11 is 0. The van der Waals surface area contributed by atoms with Crippen molar-refractivity contribution in [1.29, 1.82) is 0 Å². The van der Waals surface area contributed by atoms with Gasteiger partial charge < -0.3 is 10.1 Å². The summed E-state index contributed by atoms with van der Waals surface area (Å²) in [6, 6.07) is 10.6. The summed E-state index contributed by atoms with van der Waals surface area (Å²) < 4.78 is 45.1. The van der Waals surface area contributed by atoms with Crippen molar-refractivity contribution in [2.75, 3.05) is 13.7 Å². The number of methoxy groups -OCH3 is 1. The van der Waals surface area contributed by atoms with E-state index in [-0.39, 0.29) is 35.4 Å². The Kier molecular flexibility index (Phi) is 5.64. The number of fused-ring (bicyclic) bond motifs is 1. The van der Waals surface area contributed by atoms with Crippen molar-refractivity contribution < 1.29 is 22.3 Å². The number of aliphatic imine (C=N–C) groups is 1. The van der Waals surface area contributed by atoms with Crippen LogP contribution in [0.5, 0.6) is 5.75 Å². The molecule has 148 valence electrons.